The molecule has 142 valence electrons. The smallest absolute Gasteiger partial charge is 0.253 e. The fourth-order valence-corrected chi connectivity index (χ4v) is 4.32. The largest absolute Gasteiger partial charge is 0.354 e. The van der Waals surface area contributed by atoms with Crippen LogP contribution in [0.4, 0.5) is 0 Å². The highest BCUT2D eigenvalue weighted by molar-refractivity contribution is 5.94. The molecule has 1 saturated heterocycles. The Morgan fingerprint density at radius 3 is 2.19 bits per heavy atom. The maximum atomic E-state index is 12.8. The maximum absolute atomic E-state index is 12.8. The number of amides is 2. The van der Waals surface area contributed by atoms with Gasteiger partial charge in [0.05, 0.1) is 0 Å². The molecule has 5 nitrogen and oxygen atoms in total. The lowest BCUT2D eigenvalue weighted by atomic mass is 9.89. The molecule has 1 heterocycles. The molecule has 0 atom stereocenters. The third-order valence-corrected chi connectivity index (χ3v) is 5.94. The van der Waals surface area contributed by atoms with Crippen LogP contribution in [-0.4, -0.2) is 48.9 Å². The van der Waals surface area contributed by atoms with Crippen molar-refractivity contribution in [1.29, 1.82) is 0 Å². The van der Waals surface area contributed by atoms with Gasteiger partial charge in [-0.2, -0.15) is 0 Å². The molecule has 2 aliphatic rings. The van der Waals surface area contributed by atoms with Crippen LogP contribution in [0.2, 0.25) is 0 Å². The number of rotatable bonds is 4. The highest BCUT2D eigenvalue weighted by Crippen LogP contribution is 2.27. The summed E-state index contributed by atoms with van der Waals surface area (Å²) in [6.07, 6.45) is 6.11. The van der Waals surface area contributed by atoms with Gasteiger partial charge >= 0.3 is 0 Å². The molecule has 0 spiro atoms. The van der Waals surface area contributed by atoms with Crippen molar-refractivity contribution in [2.45, 2.75) is 63.5 Å². The normalized spacial score (nSPS) is 24.1. The van der Waals surface area contributed by atoms with Crippen molar-refractivity contribution in [1.82, 2.24) is 15.5 Å². The summed E-state index contributed by atoms with van der Waals surface area (Å²) < 4.78 is 0. The molecule has 1 aliphatic carbocycles. The molecule has 2 N–H and O–H groups in total. The van der Waals surface area contributed by atoms with E-state index in [1.165, 1.54) is 18.4 Å². The lowest BCUT2D eigenvalue weighted by Crippen LogP contribution is -2.44. The maximum Gasteiger partial charge on any atom is 0.253 e. The van der Waals surface area contributed by atoms with E-state index in [9.17, 15) is 9.59 Å². The predicted octanol–water partition coefficient (Wildman–Crippen LogP) is 2.67. The van der Waals surface area contributed by atoms with E-state index in [0.717, 1.165) is 44.3 Å². The first-order valence-corrected chi connectivity index (χ1v) is 9.89. The van der Waals surface area contributed by atoms with Crippen LogP contribution in [0.25, 0.3) is 0 Å². The molecule has 2 fully saturated rings. The Labute approximate surface area is 156 Å². The Bertz CT molecular complexity index is 615. The topological polar surface area (TPSA) is 61.4 Å². The van der Waals surface area contributed by atoms with Crippen LogP contribution in [0.3, 0.4) is 0 Å². The number of hydrogen-bond acceptors (Lipinski definition) is 3. The van der Waals surface area contributed by atoms with E-state index < -0.39 is 0 Å². The molecular weight excluding hydrogens is 326 g/mol. The number of nitrogens with zero attached hydrogens (tertiary/aromatic N) is 1. The van der Waals surface area contributed by atoms with Gasteiger partial charge in [-0.25, -0.2) is 0 Å². The van der Waals surface area contributed by atoms with E-state index in [1.807, 2.05) is 24.1 Å². The summed E-state index contributed by atoms with van der Waals surface area (Å²) in [6.45, 7) is 3.72. The van der Waals surface area contributed by atoms with Crippen molar-refractivity contribution in [3.8, 4) is 0 Å². The molecule has 1 saturated carbocycles. The minimum Gasteiger partial charge on any atom is -0.354 e. The number of hydrogen-bond donors (Lipinski definition) is 2. The number of carbonyl (C=O) groups excluding carboxylic acids is 2. The average Bonchev–Trinajstić information content (AvgIpc) is 2.68. The van der Waals surface area contributed by atoms with E-state index in [1.54, 1.807) is 6.92 Å². The SMILES string of the molecule is CC(=O)NC1CCC(N(C)C(=O)c2ccc(C3CCNCC3)cc2)CC1. The van der Waals surface area contributed by atoms with Crippen LogP contribution < -0.4 is 10.6 Å². The molecule has 1 aromatic carbocycles. The highest BCUT2D eigenvalue weighted by atomic mass is 16.2. The van der Waals surface area contributed by atoms with Gasteiger partial charge < -0.3 is 15.5 Å². The van der Waals surface area contributed by atoms with Crippen LogP contribution in [0.5, 0.6) is 0 Å². The Hall–Kier alpha value is -1.88. The fraction of sp³-hybridized carbons (Fsp3) is 0.619. The van der Waals surface area contributed by atoms with E-state index in [-0.39, 0.29) is 23.9 Å². The van der Waals surface area contributed by atoms with Crippen molar-refractivity contribution in [2.24, 2.45) is 0 Å². The molecule has 1 aromatic rings. The van der Waals surface area contributed by atoms with Crippen LogP contribution in [0.1, 0.15) is 67.3 Å². The Morgan fingerprint density at radius 2 is 1.62 bits per heavy atom. The lowest BCUT2D eigenvalue weighted by Gasteiger charge is -2.35. The molecule has 0 aromatic heterocycles. The van der Waals surface area contributed by atoms with E-state index in [0.29, 0.717) is 5.92 Å². The van der Waals surface area contributed by atoms with Crippen molar-refractivity contribution in [3.05, 3.63) is 35.4 Å². The van der Waals surface area contributed by atoms with Gasteiger partial charge in [0.25, 0.3) is 5.91 Å². The van der Waals surface area contributed by atoms with Gasteiger partial charge in [0.2, 0.25) is 5.91 Å². The number of benzene rings is 1. The molecule has 0 unspecified atom stereocenters. The summed E-state index contributed by atoms with van der Waals surface area (Å²) in [5, 5.41) is 6.39. The van der Waals surface area contributed by atoms with E-state index in [4.69, 9.17) is 0 Å². The number of nitrogens with one attached hydrogen (secondary N) is 2. The van der Waals surface area contributed by atoms with E-state index >= 15 is 0 Å². The summed E-state index contributed by atoms with van der Waals surface area (Å²) in [7, 11) is 1.91. The third kappa shape index (κ3) is 4.64. The van der Waals surface area contributed by atoms with Crippen molar-refractivity contribution < 1.29 is 9.59 Å². The molecule has 0 bridgehead atoms. The first-order valence-electron chi connectivity index (χ1n) is 9.89. The van der Waals surface area contributed by atoms with E-state index in [2.05, 4.69) is 22.8 Å². The molecule has 3 rings (SSSR count). The van der Waals surface area contributed by atoms with Gasteiger partial charge in [0.1, 0.15) is 0 Å². The molecular formula is C21H31N3O2. The minimum absolute atomic E-state index is 0.0340. The standard InChI is InChI=1S/C21H31N3O2/c1-15(25)23-19-7-9-20(10-8-19)24(2)21(26)18-5-3-16(4-6-18)17-11-13-22-14-12-17/h3-6,17,19-20,22H,7-14H2,1-2H3,(H,23,25). The number of carbonyl (C=O) groups is 2. The summed E-state index contributed by atoms with van der Waals surface area (Å²) >= 11 is 0. The zero-order chi connectivity index (χ0) is 18.5. The third-order valence-electron chi connectivity index (χ3n) is 5.94. The monoisotopic (exact) mass is 357 g/mol. The summed E-state index contributed by atoms with van der Waals surface area (Å²) in [5.41, 5.74) is 2.12. The second kappa shape index (κ2) is 8.67. The molecule has 1 aliphatic heterocycles. The molecule has 5 heteroatoms. The molecule has 2 amide bonds. The van der Waals surface area contributed by atoms with Gasteiger partial charge in [-0.15, -0.1) is 0 Å². The second-order valence-electron chi connectivity index (χ2n) is 7.77. The van der Waals surface area contributed by atoms with Crippen LogP contribution in [-0.2, 0) is 4.79 Å². The van der Waals surface area contributed by atoms with Gasteiger partial charge in [0.15, 0.2) is 0 Å². The van der Waals surface area contributed by atoms with Gasteiger partial charge in [0, 0.05) is 31.6 Å². The summed E-state index contributed by atoms with van der Waals surface area (Å²) in [6, 6.07) is 8.75. The molecule has 0 radical (unpaired) electrons. The van der Waals surface area contributed by atoms with Crippen LogP contribution in [0, 0.1) is 0 Å². The quantitative estimate of drug-likeness (QED) is 0.871. The Kier molecular flexibility index (Phi) is 6.30. The van der Waals surface area contributed by atoms with Crippen molar-refractivity contribution >= 4 is 11.8 Å². The Morgan fingerprint density at radius 1 is 1.00 bits per heavy atom. The lowest BCUT2D eigenvalue weighted by molar-refractivity contribution is -0.119. The van der Waals surface area contributed by atoms with Crippen molar-refractivity contribution in [2.75, 3.05) is 20.1 Å². The highest BCUT2D eigenvalue weighted by Gasteiger charge is 2.27. The molecule has 26 heavy (non-hydrogen) atoms. The first kappa shape index (κ1) is 18.9. The fourth-order valence-electron chi connectivity index (χ4n) is 4.32. The van der Waals surface area contributed by atoms with Gasteiger partial charge in [-0.1, -0.05) is 12.1 Å². The van der Waals surface area contributed by atoms with Crippen LogP contribution >= 0.6 is 0 Å². The summed E-state index contributed by atoms with van der Waals surface area (Å²) in [5.74, 6) is 0.749. The average molecular weight is 357 g/mol. The second-order valence-corrected chi connectivity index (χ2v) is 7.77. The number of piperidine rings is 1. The zero-order valence-corrected chi connectivity index (χ0v) is 16.0. The first-order chi connectivity index (χ1) is 12.5. The van der Waals surface area contributed by atoms with Gasteiger partial charge in [-0.05, 0) is 75.2 Å². The predicted molar refractivity (Wildman–Crippen MR) is 103 cm³/mol. The van der Waals surface area contributed by atoms with Crippen LogP contribution in [0.15, 0.2) is 24.3 Å². The van der Waals surface area contributed by atoms with Gasteiger partial charge in [-0.3, -0.25) is 9.59 Å². The zero-order valence-electron chi connectivity index (χ0n) is 16.0. The minimum atomic E-state index is 0.0340. The van der Waals surface area contributed by atoms with Crippen molar-refractivity contribution in [3.63, 3.8) is 0 Å². The Balaban J connectivity index is 1.56. The summed E-state index contributed by atoms with van der Waals surface area (Å²) in [4.78, 5) is 25.9.